The number of hydrogen-bond donors (Lipinski definition) is 1. The van der Waals surface area contributed by atoms with Gasteiger partial charge in [0.2, 0.25) is 17.7 Å². The molecule has 5 nitrogen and oxygen atoms in total. The third-order valence-electron chi connectivity index (χ3n) is 6.83. The second-order valence-electron chi connectivity index (χ2n) is 8.29. The highest BCUT2D eigenvalue weighted by atomic mass is 16.2. The van der Waals surface area contributed by atoms with Crippen LogP contribution in [0.1, 0.15) is 42.9 Å². The van der Waals surface area contributed by atoms with E-state index in [-0.39, 0.29) is 60.4 Å². The predicted molar refractivity (Wildman–Crippen MR) is 99.3 cm³/mol. The zero-order valence-corrected chi connectivity index (χ0v) is 15.3. The molecular weight excluding hydrogens is 340 g/mol. The average Bonchev–Trinajstić information content (AvgIpc) is 3.35. The van der Waals surface area contributed by atoms with E-state index in [2.05, 4.69) is 29.6 Å². The van der Waals surface area contributed by atoms with Crippen LogP contribution in [0.4, 0.5) is 0 Å². The van der Waals surface area contributed by atoms with Gasteiger partial charge in [-0.2, -0.15) is 0 Å². The van der Waals surface area contributed by atoms with E-state index >= 15 is 0 Å². The SMILES string of the molecule is O=C(CCN1C(=O)[C@@H]2[C@H](C1=O)[C@H]1C=C[C@H]2C1)N[C@H]1CCCc2ccccc21. The minimum absolute atomic E-state index is 0.0341. The van der Waals surface area contributed by atoms with Crippen molar-refractivity contribution in [3.05, 3.63) is 47.5 Å². The summed E-state index contributed by atoms with van der Waals surface area (Å²) in [5.41, 5.74) is 2.50. The van der Waals surface area contributed by atoms with Gasteiger partial charge in [-0.1, -0.05) is 36.4 Å². The molecule has 27 heavy (non-hydrogen) atoms. The van der Waals surface area contributed by atoms with Gasteiger partial charge in [0, 0.05) is 13.0 Å². The summed E-state index contributed by atoms with van der Waals surface area (Å²) in [5.74, 6) is -0.157. The van der Waals surface area contributed by atoms with Gasteiger partial charge in [-0.05, 0) is 48.6 Å². The molecule has 140 valence electrons. The lowest BCUT2D eigenvalue weighted by Crippen LogP contribution is -2.38. The largest absolute Gasteiger partial charge is 0.349 e. The van der Waals surface area contributed by atoms with Crippen molar-refractivity contribution in [3.63, 3.8) is 0 Å². The summed E-state index contributed by atoms with van der Waals surface area (Å²) in [6, 6.07) is 8.28. The molecular formula is C22H24N2O3. The van der Waals surface area contributed by atoms with Crippen LogP contribution < -0.4 is 5.32 Å². The summed E-state index contributed by atoms with van der Waals surface area (Å²) in [4.78, 5) is 39.2. The number of allylic oxidation sites excluding steroid dienone is 2. The van der Waals surface area contributed by atoms with Crippen molar-refractivity contribution in [2.75, 3.05) is 6.54 Å². The molecule has 3 amide bonds. The number of imide groups is 1. The van der Waals surface area contributed by atoms with Crippen molar-refractivity contribution in [1.82, 2.24) is 10.2 Å². The van der Waals surface area contributed by atoms with Crippen molar-refractivity contribution in [2.45, 2.75) is 38.1 Å². The van der Waals surface area contributed by atoms with Gasteiger partial charge in [0.25, 0.3) is 0 Å². The number of carbonyl (C=O) groups is 3. The molecule has 1 aromatic rings. The summed E-state index contributed by atoms with van der Waals surface area (Å²) in [5, 5.41) is 3.11. The zero-order chi connectivity index (χ0) is 18.5. The van der Waals surface area contributed by atoms with E-state index in [0.717, 1.165) is 25.7 Å². The van der Waals surface area contributed by atoms with Crippen LogP contribution in [0.15, 0.2) is 36.4 Å². The molecule has 1 heterocycles. The number of nitrogens with one attached hydrogen (secondary N) is 1. The number of fused-ring (bicyclic) bond motifs is 6. The Bertz CT molecular complexity index is 816. The molecule has 1 saturated carbocycles. The molecule has 0 radical (unpaired) electrons. The number of hydrogen-bond acceptors (Lipinski definition) is 3. The van der Waals surface area contributed by atoms with Crippen molar-refractivity contribution in [2.24, 2.45) is 23.7 Å². The quantitative estimate of drug-likeness (QED) is 0.659. The fourth-order valence-corrected chi connectivity index (χ4v) is 5.57. The second kappa shape index (κ2) is 6.32. The molecule has 2 fully saturated rings. The minimum Gasteiger partial charge on any atom is -0.349 e. The highest BCUT2D eigenvalue weighted by molar-refractivity contribution is 6.06. The fraction of sp³-hybridized carbons (Fsp3) is 0.500. The van der Waals surface area contributed by atoms with Crippen LogP contribution in [0, 0.1) is 23.7 Å². The summed E-state index contributed by atoms with van der Waals surface area (Å²) < 4.78 is 0. The Morgan fingerprint density at radius 3 is 2.52 bits per heavy atom. The van der Waals surface area contributed by atoms with Crippen LogP contribution in [-0.2, 0) is 20.8 Å². The van der Waals surface area contributed by atoms with E-state index in [4.69, 9.17) is 0 Å². The Balaban J connectivity index is 1.21. The number of likely N-dealkylation sites (tertiary alicyclic amines) is 1. The van der Waals surface area contributed by atoms with Crippen LogP contribution in [-0.4, -0.2) is 29.2 Å². The minimum atomic E-state index is -0.180. The Hall–Kier alpha value is -2.43. The van der Waals surface area contributed by atoms with E-state index in [1.54, 1.807) is 0 Å². The first-order valence-corrected chi connectivity index (χ1v) is 10.0. The molecule has 2 bridgehead atoms. The van der Waals surface area contributed by atoms with Gasteiger partial charge in [-0.3, -0.25) is 19.3 Å². The maximum absolute atomic E-state index is 12.7. The van der Waals surface area contributed by atoms with Crippen molar-refractivity contribution < 1.29 is 14.4 Å². The number of rotatable bonds is 4. The Morgan fingerprint density at radius 1 is 1.07 bits per heavy atom. The molecule has 1 aliphatic heterocycles. The van der Waals surface area contributed by atoms with E-state index < -0.39 is 0 Å². The molecule has 4 aliphatic rings. The Kier molecular flexibility index (Phi) is 3.92. The second-order valence-corrected chi connectivity index (χ2v) is 8.29. The van der Waals surface area contributed by atoms with Gasteiger partial charge >= 0.3 is 0 Å². The lowest BCUT2D eigenvalue weighted by Gasteiger charge is -2.26. The topological polar surface area (TPSA) is 66.5 Å². The van der Waals surface area contributed by atoms with Crippen LogP contribution in [0.5, 0.6) is 0 Å². The number of aryl methyl sites for hydroxylation is 1. The van der Waals surface area contributed by atoms with Crippen LogP contribution in [0.3, 0.4) is 0 Å². The number of amides is 3. The molecule has 5 rings (SSSR count). The standard InChI is InChI=1S/C22H24N2O3/c25-18(23-17-7-3-5-13-4-1-2-6-16(13)17)10-11-24-21(26)19-14-8-9-15(12-14)20(19)22(24)27/h1-2,4,6,8-9,14-15,17,19-20H,3,5,7,10-12H2,(H,23,25)/t14-,15-,17-,19-,20+/m0/s1. The van der Waals surface area contributed by atoms with E-state index in [1.807, 2.05) is 12.1 Å². The van der Waals surface area contributed by atoms with E-state index in [1.165, 1.54) is 16.0 Å². The van der Waals surface area contributed by atoms with Gasteiger partial charge in [0.15, 0.2) is 0 Å². The van der Waals surface area contributed by atoms with Crippen LogP contribution in [0.25, 0.3) is 0 Å². The molecule has 1 aromatic carbocycles. The van der Waals surface area contributed by atoms with Crippen molar-refractivity contribution in [1.29, 1.82) is 0 Å². The number of carbonyl (C=O) groups excluding carboxylic acids is 3. The molecule has 5 heteroatoms. The van der Waals surface area contributed by atoms with Crippen molar-refractivity contribution in [3.8, 4) is 0 Å². The third kappa shape index (κ3) is 2.63. The number of benzene rings is 1. The summed E-state index contributed by atoms with van der Waals surface area (Å²) in [7, 11) is 0. The Labute approximate surface area is 158 Å². The summed E-state index contributed by atoms with van der Waals surface area (Å²) in [6.07, 6.45) is 8.34. The molecule has 3 aliphatic carbocycles. The molecule has 5 atom stereocenters. The van der Waals surface area contributed by atoms with Crippen LogP contribution >= 0.6 is 0 Å². The third-order valence-corrected chi connectivity index (χ3v) is 6.83. The molecule has 0 aromatic heterocycles. The molecule has 0 unspecified atom stereocenters. The predicted octanol–water partition coefficient (Wildman–Crippen LogP) is 2.38. The Morgan fingerprint density at radius 2 is 1.78 bits per heavy atom. The van der Waals surface area contributed by atoms with E-state index in [9.17, 15) is 14.4 Å². The normalized spacial score (nSPS) is 33.3. The summed E-state index contributed by atoms with van der Waals surface area (Å²) in [6.45, 7) is 0.199. The van der Waals surface area contributed by atoms with Gasteiger partial charge in [0.05, 0.1) is 17.9 Å². The summed E-state index contributed by atoms with van der Waals surface area (Å²) >= 11 is 0. The van der Waals surface area contributed by atoms with Crippen LogP contribution in [0.2, 0.25) is 0 Å². The van der Waals surface area contributed by atoms with Gasteiger partial charge in [-0.15, -0.1) is 0 Å². The molecule has 1 saturated heterocycles. The van der Waals surface area contributed by atoms with Gasteiger partial charge in [0.1, 0.15) is 0 Å². The number of nitrogens with zero attached hydrogens (tertiary/aromatic N) is 1. The van der Waals surface area contributed by atoms with Crippen molar-refractivity contribution >= 4 is 17.7 Å². The monoisotopic (exact) mass is 364 g/mol. The fourth-order valence-electron chi connectivity index (χ4n) is 5.57. The van der Waals surface area contributed by atoms with Gasteiger partial charge < -0.3 is 5.32 Å². The van der Waals surface area contributed by atoms with E-state index in [0.29, 0.717) is 0 Å². The smallest absolute Gasteiger partial charge is 0.233 e. The van der Waals surface area contributed by atoms with Gasteiger partial charge in [-0.25, -0.2) is 0 Å². The first-order chi connectivity index (χ1) is 13.1. The lowest BCUT2D eigenvalue weighted by molar-refractivity contribution is -0.141. The first-order valence-electron chi connectivity index (χ1n) is 10.0. The zero-order valence-electron chi connectivity index (χ0n) is 15.3. The molecule has 1 N–H and O–H groups in total. The maximum atomic E-state index is 12.7. The highest BCUT2D eigenvalue weighted by Gasteiger charge is 2.59. The molecule has 0 spiro atoms. The first kappa shape index (κ1) is 16.7. The lowest BCUT2D eigenvalue weighted by atomic mass is 9.85. The average molecular weight is 364 g/mol. The maximum Gasteiger partial charge on any atom is 0.233 e. The highest BCUT2D eigenvalue weighted by Crippen LogP contribution is 2.52.